The number of nitrogen functional groups attached to an aromatic ring is 1. The van der Waals surface area contributed by atoms with Crippen molar-refractivity contribution in [1.29, 1.82) is 0 Å². The highest BCUT2D eigenvalue weighted by atomic mass is 19.4. The van der Waals surface area contributed by atoms with Crippen LogP contribution >= 0.6 is 0 Å². The quantitative estimate of drug-likeness (QED) is 0.740. The molecule has 3 aromatic rings. The summed E-state index contributed by atoms with van der Waals surface area (Å²) in [5.74, 6) is 0. The summed E-state index contributed by atoms with van der Waals surface area (Å²) in [5, 5.41) is 0. The van der Waals surface area contributed by atoms with E-state index in [2.05, 4.69) is 9.97 Å². The molecule has 0 amide bonds. The number of hydrogen-bond donors (Lipinski definition) is 1. The van der Waals surface area contributed by atoms with E-state index in [1.807, 2.05) is 30.3 Å². The van der Waals surface area contributed by atoms with Crippen molar-refractivity contribution in [3.8, 4) is 22.5 Å². The third kappa shape index (κ3) is 3.08. The molecule has 3 rings (SSSR count). The fraction of sp³-hybridized carbons (Fsp3) is 0.111. The topological polar surface area (TPSA) is 51.8 Å². The molecular weight excluding hydrogens is 315 g/mol. The van der Waals surface area contributed by atoms with Gasteiger partial charge in [0.2, 0.25) is 0 Å². The highest BCUT2D eigenvalue weighted by molar-refractivity contribution is 5.77. The van der Waals surface area contributed by atoms with Gasteiger partial charge in [0.25, 0.3) is 0 Å². The maximum Gasteiger partial charge on any atom is 0.433 e. The van der Waals surface area contributed by atoms with E-state index >= 15 is 0 Å². The Morgan fingerprint density at radius 1 is 0.917 bits per heavy atom. The van der Waals surface area contributed by atoms with Crippen LogP contribution in [0.5, 0.6) is 0 Å². The van der Waals surface area contributed by atoms with E-state index in [1.165, 1.54) is 6.07 Å². The van der Waals surface area contributed by atoms with Gasteiger partial charge in [0.15, 0.2) is 0 Å². The molecule has 0 radical (unpaired) electrons. The molecule has 6 heteroatoms. The van der Waals surface area contributed by atoms with Crippen LogP contribution in [0.4, 0.5) is 18.9 Å². The van der Waals surface area contributed by atoms with Crippen LogP contribution in [0.3, 0.4) is 0 Å². The van der Waals surface area contributed by atoms with E-state index in [1.54, 1.807) is 13.0 Å². The van der Waals surface area contributed by atoms with Crippen molar-refractivity contribution < 1.29 is 13.2 Å². The van der Waals surface area contributed by atoms with Crippen LogP contribution < -0.4 is 5.73 Å². The summed E-state index contributed by atoms with van der Waals surface area (Å²) < 4.78 is 38.7. The summed E-state index contributed by atoms with van der Waals surface area (Å²) in [5.41, 5.74) is 8.44. The Hall–Kier alpha value is -2.89. The number of aromatic nitrogens is 2. The average Bonchev–Trinajstić information content (AvgIpc) is 2.55. The lowest BCUT2D eigenvalue weighted by atomic mass is 10.0. The van der Waals surface area contributed by atoms with Crippen molar-refractivity contribution >= 4 is 5.69 Å². The minimum absolute atomic E-state index is 0.354. The molecule has 0 fully saturated rings. The summed E-state index contributed by atoms with van der Waals surface area (Å²) in [6.45, 7) is 1.77. The Kier molecular flexibility index (Phi) is 3.97. The van der Waals surface area contributed by atoms with Gasteiger partial charge in [-0.3, -0.25) is 4.98 Å². The van der Waals surface area contributed by atoms with E-state index in [-0.39, 0.29) is 0 Å². The molecule has 3 nitrogen and oxygen atoms in total. The molecule has 2 aromatic heterocycles. The molecule has 0 saturated heterocycles. The molecule has 2 heterocycles. The van der Waals surface area contributed by atoms with Gasteiger partial charge in [-0.25, -0.2) is 4.98 Å². The van der Waals surface area contributed by atoms with E-state index in [0.717, 1.165) is 17.8 Å². The number of aryl methyl sites for hydroxylation is 1. The second-order valence-electron chi connectivity index (χ2n) is 5.39. The van der Waals surface area contributed by atoms with Gasteiger partial charge in [0, 0.05) is 17.3 Å². The van der Waals surface area contributed by atoms with E-state index in [9.17, 15) is 13.2 Å². The van der Waals surface area contributed by atoms with E-state index in [4.69, 9.17) is 5.73 Å². The SMILES string of the molecule is Cc1cc(N)c(-c2ccccc2)nc1-c1ccnc(C(F)(F)F)c1. The molecule has 122 valence electrons. The second-order valence-corrected chi connectivity index (χ2v) is 5.39. The lowest BCUT2D eigenvalue weighted by Crippen LogP contribution is -2.08. The Labute approximate surface area is 137 Å². The third-order valence-electron chi connectivity index (χ3n) is 3.61. The standard InChI is InChI=1S/C18H14F3N3/c1-11-9-14(22)17(12-5-3-2-4-6-12)24-16(11)13-7-8-23-15(10-13)18(19,20)21/h2-10H,22H2,1H3. The lowest BCUT2D eigenvalue weighted by molar-refractivity contribution is -0.141. The number of pyridine rings is 2. The summed E-state index contributed by atoms with van der Waals surface area (Å²) in [7, 11) is 0. The summed E-state index contributed by atoms with van der Waals surface area (Å²) in [6, 6.07) is 13.5. The molecule has 0 aliphatic rings. The number of anilines is 1. The number of hydrogen-bond acceptors (Lipinski definition) is 3. The smallest absolute Gasteiger partial charge is 0.397 e. The molecule has 0 aliphatic carbocycles. The van der Waals surface area contributed by atoms with Crippen LogP contribution in [0.2, 0.25) is 0 Å². The molecule has 2 N–H and O–H groups in total. The molecule has 0 unspecified atom stereocenters. The van der Waals surface area contributed by atoms with E-state index < -0.39 is 11.9 Å². The van der Waals surface area contributed by atoms with Gasteiger partial charge in [-0.2, -0.15) is 13.2 Å². The molecule has 0 spiro atoms. The normalized spacial score (nSPS) is 11.5. The summed E-state index contributed by atoms with van der Waals surface area (Å²) in [6.07, 6.45) is -3.36. The van der Waals surface area contributed by atoms with Crippen LogP contribution in [-0.2, 0) is 6.18 Å². The zero-order valence-electron chi connectivity index (χ0n) is 12.8. The molecule has 0 atom stereocenters. The number of nitrogens with zero attached hydrogens (tertiary/aromatic N) is 2. The second kappa shape index (κ2) is 5.96. The van der Waals surface area contributed by atoms with Crippen molar-refractivity contribution in [3.63, 3.8) is 0 Å². The van der Waals surface area contributed by atoms with Gasteiger partial charge < -0.3 is 5.73 Å². The number of rotatable bonds is 2. The van der Waals surface area contributed by atoms with Crippen molar-refractivity contribution in [2.24, 2.45) is 0 Å². The first-order chi connectivity index (χ1) is 11.4. The van der Waals surface area contributed by atoms with Gasteiger partial charge in [0.1, 0.15) is 5.69 Å². The lowest BCUT2D eigenvalue weighted by Gasteiger charge is -2.13. The van der Waals surface area contributed by atoms with Crippen LogP contribution in [0.25, 0.3) is 22.5 Å². The van der Waals surface area contributed by atoms with Crippen LogP contribution in [0.15, 0.2) is 54.7 Å². The number of halogens is 3. The maximum absolute atomic E-state index is 12.9. The molecule has 0 aliphatic heterocycles. The molecule has 0 bridgehead atoms. The summed E-state index contributed by atoms with van der Waals surface area (Å²) in [4.78, 5) is 7.90. The predicted molar refractivity (Wildman–Crippen MR) is 87.1 cm³/mol. The van der Waals surface area contributed by atoms with Gasteiger partial charge in [-0.05, 0) is 30.7 Å². The Bertz CT molecular complexity index is 874. The molecule has 0 saturated carbocycles. The van der Waals surface area contributed by atoms with Crippen molar-refractivity contribution in [1.82, 2.24) is 9.97 Å². The van der Waals surface area contributed by atoms with Crippen LogP contribution in [-0.4, -0.2) is 9.97 Å². The molecule has 1 aromatic carbocycles. The fourth-order valence-electron chi connectivity index (χ4n) is 2.49. The zero-order chi connectivity index (χ0) is 17.3. The maximum atomic E-state index is 12.9. The van der Waals surface area contributed by atoms with Gasteiger partial charge in [-0.15, -0.1) is 0 Å². The Morgan fingerprint density at radius 2 is 1.62 bits per heavy atom. The number of alkyl halides is 3. The molecule has 24 heavy (non-hydrogen) atoms. The first kappa shape index (κ1) is 16.0. The Balaban J connectivity index is 2.16. The highest BCUT2D eigenvalue weighted by Gasteiger charge is 2.32. The van der Waals surface area contributed by atoms with Crippen LogP contribution in [0.1, 0.15) is 11.3 Å². The average molecular weight is 329 g/mol. The van der Waals surface area contributed by atoms with Crippen LogP contribution in [0, 0.1) is 6.92 Å². The van der Waals surface area contributed by atoms with Crippen molar-refractivity contribution in [2.75, 3.05) is 5.73 Å². The largest absolute Gasteiger partial charge is 0.433 e. The minimum Gasteiger partial charge on any atom is -0.397 e. The highest BCUT2D eigenvalue weighted by Crippen LogP contribution is 2.33. The van der Waals surface area contributed by atoms with Gasteiger partial charge >= 0.3 is 6.18 Å². The zero-order valence-corrected chi connectivity index (χ0v) is 12.8. The number of nitrogens with two attached hydrogens (primary N) is 1. The van der Waals surface area contributed by atoms with Gasteiger partial charge in [-0.1, -0.05) is 30.3 Å². The Morgan fingerprint density at radius 3 is 2.29 bits per heavy atom. The monoisotopic (exact) mass is 329 g/mol. The van der Waals surface area contributed by atoms with E-state index in [0.29, 0.717) is 28.2 Å². The number of benzene rings is 1. The fourth-order valence-corrected chi connectivity index (χ4v) is 2.49. The predicted octanol–water partition coefficient (Wildman–Crippen LogP) is 4.72. The first-order valence-electron chi connectivity index (χ1n) is 7.22. The van der Waals surface area contributed by atoms with Gasteiger partial charge in [0.05, 0.1) is 17.1 Å². The van der Waals surface area contributed by atoms with Crippen molar-refractivity contribution in [2.45, 2.75) is 13.1 Å². The van der Waals surface area contributed by atoms with Crippen molar-refractivity contribution in [3.05, 3.63) is 66.0 Å². The first-order valence-corrected chi connectivity index (χ1v) is 7.22. The molecular formula is C18H14F3N3. The third-order valence-corrected chi connectivity index (χ3v) is 3.61. The summed E-state index contributed by atoms with van der Waals surface area (Å²) >= 11 is 0. The minimum atomic E-state index is -4.50.